The van der Waals surface area contributed by atoms with Gasteiger partial charge in [0.15, 0.2) is 5.82 Å². The number of unbranched alkanes of at least 4 members (excludes halogenated alkanes) is 2. The summed E-state index contributed by atoms with van der Waals surface area (Å²) < 4.78 is 12.2. The van der Waals surface area contributed by atoms with Crippen molar-refractivity contribution in [2.75, 3.05) is 52.2 Å². The Morgan fingerprint density at radius 1 is 0.928 bits per heavy atom. The van der Waals surface area contributed by atoms with E-state index >= 15 is 0 Å². The zero-order valence-corrected chi connectivity index (χ0v) is 41.2. The predicted octanol–water partition coefficient (Wildman–Crippen LogP) is 3.70. The third-order valence-corrected chi connectivity index (χ3v) is 13.6. The second-order valence-corrected chi connectivity index (χ2v) is 19.0. The molecule has 0 saturated carbocycles. The van der Waals surface area contributed by atoms with E-state index < -0.39 is 53.7 Å². The summed E-state index contributed by atoms with van der Waals surface area (Å²) >= 11 is 0. The fourth-order valence-corrected chi connectivity index (χ4v) is 9.74. The number of amides is 5. The Hall–Kier alpha value is -6.24. The molecule has 0 radical (unpaired) electrons. The van der Waals surface area contributed by atoms with Crippen LogP contribution in [0.3, 0.4) is 0 Å². The highest BCUT2D eigenvalue weighted by atomic mass is 33.1. The first kappa shape index (κ1) is 53.7. The molecule has 1 aliphatic rings. The Morgan fingerprint density at radius 2 is 1.62 bits per heavy atom. The molecule has 20 heteroatoms. The maximum Gasteiger partial charge on any atom is 0.255 e. The van der Waals surface area contributed by atoms with Crippen molar-refractivity contribution >= 4 is 51.1 Å². The van der Waals surface area contributed by atoms with E-state index in [0.717, 1.165) is 17.1 Å². The van der Waals surface area contributed by atoms with Crippen molar-refractivity contribution in [1.82, 2.24) is 36.1 Å². The standard InChI is InChI=1S/C49H63N11O7S2/c1-5-6-7-24-68-69-29-32-8-11-34(12-9-32)44-55-28-38(30(2)56-44)46(62)58-39(16-17-50)49(65)60(4)43-35-13-15-42(67-23-20-53)37(27-35)36-25-33(10-14-41(36)66-22-19-52)26-40(47(63)54-21-18-51)59-45(61)31(3)57-48(43)64/h8-15,25,27-28,31,39-40,43H,5-7,16-17,19-24,26,29,50,52-53H2,1-4H3,(H,54,63)(H,57,64)(H,58,62)(H,59,61)/t31-,39-,40-,43-/m0/s1. The number of nitrogens with one attached hydrogen (secondary N) is 4. The number of nitrogens with two attached hydrogens (primary N) is 3. The maximum absolute atomic E-state index is 14.7. The average Bonchev–Trinajstić information content (AvgIpc) is 3.34. The number of carbonyl (C=O) groups is 5. The van der Waals surface area contributed by atoms with Crippen LogP contribution in [-0.4, -0.2) is 115 Å². The van der Waals surface area contributed by atoms with Gasteiger partial charge >= 0.3 is 0 Å². The van der Waals surface area contributed by atoms with Crippen LogP contribution in [0.25, 0.3) is 22.5 Å². The third-order valence-electron chi connectivity index (χ3n) is 11.2. The summed E-state index contributed by atoms with van der Waals surface area (Å²) in [6.45, 7) is 5.70. The van der Waals surface area contributed by atoms with Gasteiger partial charge in [0.2, 0.25) is 23.6 Å². The first-order valence-electron chi connectivity index (χ1n) is 23.0. The van der Waals surface area contributed by atoms with Crippen LogP contribution in [0.2, 0.25) is 0 Å². The highest BCUT2D eigenvalue weighted by Crippen LogP contribution is 2.40. The zero-order valence-electron chi connectivity index (χ0n) is 39.5. The van der Waals surface area contributed by atoms with Crippen LogP contribution in [-0.2, 0) is 31.4 Å². The second kappa shape index (κ2) is 27.1. The molecule has 5 amide bonds. The number of likely N-dealkylation sites (N-methyl/N-ethyl adjacent to an activating group) is 1. The molecule has 1 aromatic heterocycles. The minimum absolute atomic E-state index is 0.00141. The molecular formula is C49H63N11O7S2. The lowest BCUT2D eigenvalue weighted by atomic mass is 9.93. The summed E-state index contributed by atoms with van der Waals surface area (Å²) in [7, 11) is 5.13. The molecule has 368 valence electrons. The number of hydrogen-bond acceptors (Lipinski definition) is 15. The lowest BCUT2D eigenvalue weighted by Crippen LogP contribution is -2.56. The smallest absolute Gasteiger partial charge is 0.255 e. The molecule has 10 N–H and O–H groups in total. The van der Waals surface area contributed by atoms with Crippen LogP contribution in [0.15, 0.2) is 66.9 Å². The molecule has 18 nitrogen and oxygen atoms in total. The Kier molecular flexibility index (Phi) is 21.1. The number of benzene rings is 3. The van der Waals surface area contributed by atoms with Crippen molar-refractivity contribution in [3.8, 4) is 40.1 Å². The van der Waals surface area contributed by atoms with E-state index in [2.05, 4.69) is 38.2 Å². The summed E-state index contributed by atoms with van der Waals surface area (Å²) in [6.07, 6.45) is 5.08. The van der Waals surface area contributed by atoms with Gasteiger partial charge in [-0.1, -0.05) is 77.8 Å². The summed E-state index contributed by atoms with van der Waals surface area (Å²) in [5.41, 5.74) is 22.1. The monoisotopic (exact) mass is 981 g/mol. The zero-order chi connectivity index (χ0) is 49.9. The number of ether oxygens (including phenoxy) is 2. The molecular weight excluding hydrogens is 919 g/mol. The molecule has 0 saturated heterocycles. The number of hydrogen-bond donors (Lipinski definition) is 7. The van der Waals surface area contributed by atoms with Crippen LogP contribution < -0.4 is 47.9 Å². The lowest BCUT2D eigenvalue weighted by molar-refractivity contribution is -0.141. The third kappa shape index (κ3) is 14.9. The fourth-order valence-electron chi connectivity index (χ4n) is 7.52. The quantitative estimate of drug-likeness (QED) is 0.0336. The molecule has 0 unspecified atom stereocenters. The van der Waals surface area contributed by atoms with Crippen LogP contribution in [0.1, 0.15) is 78.3 Å². The lowest BCUT2D eigenvalue weighted by Gasteiger charge is -2.32. The van der Waals surface area contributed by atoms with Gasteiger partial charge in [-0.25, -0.2) is 9.97 Å². The highest BCUT2D eigenvalue weighted by Gasteiger charge is 2.36. The van der Waals surface area contributed by atoms with E-state index in [1.807, 2.05) is 51.9 Å². The number of nitrogens with zero attached hydrogens (tertiary/aromatic N) is 4. The Balaban J connectivity index is 1.47. The molecule has 4 bridgehead atoms. The summed E-state index contributed by atoms with van der Waals surface area (Å²) in [6, 6.07) is 15.0. The van der Waals surface area contributed by atoms with Gasteiger partial charge in [0.1, 0.15) is 55.4 Å². The summed E-state index contributed by atoms with van der Waals surface area (Å²) in [5.74, 6) is -0.136. The molecule has 0 spiro atoms. The number of nitriles is 1. The predicted molar refractivity (Wildman–Crippen MR) is 269 cm³/mol. The van der Waals surface area contributed by atoms with Gasteiger partial charge in [0, 0.05) is 61.0 Å². The van der Waals surface area contributed by atoms with E-state index in [9.17, 15) is 29.2 Å². The number of fused-ring (bicyclic) bond motifs is 5. The first-order chi connectivity index (χ1) is 33.3. The van der Waals surface area contributed by atoms with Gasteiger partial charge in [-0.15, -0.1) is 0 Å². The van der Waals surface area contributed by atoms with Crippen molar-refractivity contribution in [2.45, 2.75) is 82.8 Å². The van der Waals surface area contributed by atoms with Gasteiger partial charge in [-0.3, -0.25) is 24.0 Å². The van der Waals surface area contributed by atoms with Crippen molar-refractivity contribution in [2.24, 2.45) is 17.2 Å². The molecule has 5 rings (SSSR count). The van der Waals surface area contributed by atoms with E-state index in [1.165, 1.54) is 49.9 Å². The molecule has 4 atom stereocenters. The molecule has 3 aromatic carbocycles. The van der Waals surface area contributed by atoms with E-state index in [4.69, 9.17) is 26.7 Å². The second-order valence-electron chi connectivity index (χ2n) is 16.4. The largest absolute Gasteiger partial charge is 0.492 e. The molecule has 4 aromatic rings. The van der Waals surface area contributed by atoms with Gasteiger partial charge in [-0.05, 0) is 74.2 Å². The highest BCUT2D eigenvalue weighted by molar-refractivity contribution is 8.76. The number of carbonyl (C=O) groups excluding carboxylic acids is 5. The van der Waals surface area contributed by atoms with Crippen molar-refractivity contribution < 1.29 is 33.4 Å². The Morgan fingerprint density at radius 3 is 2.28 bits per heavy atom. The average molecular weight is 982 g/mol. The normalized spacial score (nSPS) is 16.2. The molecule has 69 heavy (non-hydrogen) atoms. The van der Waals surface area contributed by atoms with Crippen LogP contribution in [0, 0.1) is 18.3 Å². The summed E-state index contributed by atoms with van der Waals surface area (Å²) in [5, 5.41) is 19.9. The van der Waals surface area contributed by atoms with Crippen LogP contribution in [0.5, 0.6) is 11.5 Å². The molecule has 1 aliphatic heterocycles. The molecule has 0 fully saturated rings. The van der Waals surface area contributed by atoms with Crippen molar-refractivity contribution in [1.29, 1.82) is 5.26 Å². The number of aryl methyl sites for hydroxylation is 1. The van der Waals surface area contributed by atoms with Gasteiger partial charge in [-0.2, -0.15) is 5.26 Å². The van der Waals surface area contributed by atoms with E-state index in [0.29, 0.717) is 45.3 Å². The van der Waals surface area contributed by atoms with Crippen molar-refractivity contribution in [3.63, 3.8) is 0 Å². The Labute approximate surface area is 411 Å². The number of aromatic nitrogens is 2. The first-order valence-corrected chi connectivity index (χ1v) is 25.5. The van der Waals surface area contributed by atoms with Gasteiger partial charge in [0.05, 0.1) is 17.3 Å². The van der Waals surface area contributed by atoms with Gasteiger partial charge < -0.3 is 52.8 Å². The van der Waals surface area contributed by atoms with Crippen LogP contribution >= 0.6 is 21.6 Å². The summed E-state index contributed by atoms with van der Waals surface area (Å²) in [4.78, 5) is 80.7. The van der Waals surface area contributed by atoms with Crippen LogP contribution in [0.4, 0.5) is 0 Å². The maximum atomic E-state index is 14.7. The molecule has 0 aliphatic carbocycles. The topological polar surface area (TPSA) is 283 Å². The minimum atomic E-state index is -1.40. The van der Waals surface area contributed by atoms with E-state index in [-0.39, 0.29) is 57.8 Å². The Bertz CT molecular complexity index is 2450. The fraction of sp³-hybridized carbons (Fsp3) is 0.429. The SMILES string of the molecule is CCCCCSSCc1ccc(-c2ncc(C(=O)N[C@@H](CCN)C(=O)N(C)[C@@H]3C(=O)N[C@@H](C)C(=O)N[C@H](C(=O)NCC#N)Cc4ccc(OCCN)c(c4)-c4cc3ccc4OCCN)c(C)n2)cc1. The van der Waals surface area contributed by atoms with E-state index in [1.54, 1.807) is 43.3 Å². The molecule has 2 heterocycles. The van der Waals surface area contributed by atoms with Gasteiger partial charge in [0.25, 0.3) is 5.91 Å². The van der Waals surface area contributed by atoms with Crippen molar-refractivity contribution in [3.05, 3.63) is 94.8 Å². The minimum Gasteiger partial charge on any atom is -0.492 e. The number of rotatable bonds is 22.